The normalized spacial score (nSPS) is 12.2. The Kier molecular flexibility index (Phi) is 5.62. The highest BCUT2D eigenvalue weighted by Crippen LogP contribution is 2.30. The van der Waals surface area contributed by atoms with Crippen molar-refractivity contribution in [1.29, 1.82) is 0 Å². The summed E-state index contributed by atoms with van der Waals surface area (Å²) in [6.45, 7) is 3.05. The van der Waals surface area contributed by atoms with Gasteiger partial charge in [0.2, 0.25) is 0 Å². The first-order valence-electron chi connectivity index (χ1n) is 6.85. The number of halogens is 1. The number of methoxy groups -OCH3 is 1. The van der Waals surface area contributed by atoms with E-state index in [-0.39, 0.29) is 6.04 Å². The maximum absolute atomic E-state index is 6.42. The molecule has 0 fully saturated rings. The molecule has 0 heterocycles. The quantitative estimate of drug-likeness (QED) is 0.827. The van der Waals surface area contributed by atoms with Crippen LogP contribution in [-0.4, -0.2) is 20.3 Å². The molecule has 4 heteroatoms. The number of aryl methyl sites for hydroxylation is 1. The molecule has 1 unspecified atom stereocenters. The van der Waals surface area contributed by atoms with Crippen molar-refractivity contribution in [2.45, 2.75) is 13.0 Å². The molecule has 2 N–H and O–H groups in total. The van der Waals surface area contributed by atoms with Gasteiger partial charge in [-0.1, -0.05) is 35.9 Å². The van der Waals surface area contributed by atoms with Gasteiger partial charge in [-0.05, 0) is 36.2 Å². The molecule has 2 aromatic carbocycles. The average molecular weight is 306 g/mol. The minimum atomic E-state index is -0.249. The van der Waals surface area contributed by atoms with E-state index in [1.807, 2.05) is 49.4 Å². The fourth-order valence-electron chi connectivity index (χ4n) is 2.26. The van der Waals surface area contributed by atoms with Crippen LogP contribution in [0.4, 0.5) is 0 Å². The van der Waals surface area contributed by atoms with Gasteiger partial charge in [0.25, 0.3) is 0 Å². The second-order valence-corrected chi connectivity index (χ2v) is 5.29. The Hall–Kier alpha value is -1.55. The molecule has 0 amide bonds. The molecular weight excluding hydrogens is 286 g/mol. The van der Waals surface area contributed by atoms with Crippen LogP contribution in [0.1, 0.15) is 22.7 Å². The van der Waals surface area contributed by atoms with Gasteiger partial charge >= 0.3 is 0 Å². The molecule has 21 heavy (non-hydrogen) atoms. The van der Waals surface area contributed by atoms with Crippen LogP contribution in [0.15, 0.2) is 42.5 Å². The third kappa shape index (κ3) is 3.97. The Bertz CT molecular complexity index is 601. The van der Waals surface area contributed by atoms with Crippen LogP contribution in [0.25, 0.3) is 0 Å². The molecule has 1 atom stereocenters. The van der Waals surface area contributed by atoms with E-state index < -0.39 is 0 Å². The van der Waals surface area contributed by atoms with Gasteiger partial charge in [0.05, 0.1) is 12.6 Å². The summed E-state index contributed by atoms with van der Waals surface area (Å²) in [7, 11) is 1.65. The van der Waals surface area contributed by atoms with Crippen molar-refractivity contribution in [2.24, 2.45) is 5.73 Å². The molecule has 2 aromatic rings. The highest BCUT2D eigenvalue weighted by Gasteiger charge is 2.16. The Balaban J connectivity index is 2.27. The maximum atomic E-state index is 6.42. The number of nitrogens with two attached hydrogens (primary N) is 1. The van der Waals surface area contributed by atoms with Gasteiger partial charge in [0.15, 0.2) is 0 Å². The molecule has 0 aliphatic heterocycles. The molecule has 2 rings (SSSR count). The molecule has 0 saturated carbocycles. The minimum absolute atomic E-state index is 0.249. The van der Waals surface area contributed by atoms with Crippen LogP contribution in [0.3, 0.4) is 0 Å². The molecule has 0 spiro atoms. The highest BCUT2D eigenvalue weighted by molar-refractivity contribution is 6.30. The third-order valence-corrected chi connectivity index (χ3v) is 3.60. The summed E-state index contributed by atoms with van der Waals surface area (Å²) in [6, 6.07) is 13.3. The van der Waals surface area contributed by atoms with Crippen LogP contribution in [0.5, 0.6) is 5.75 Å². The van der Waals surface area contributed by atoms with Crippen molar-refractivity contribution in [3.8, 4) is 5.75 Å². The van der Waals surface area contributed by atoms with E-state index in [0.29, 0.717) is 18.2 Å². The molecular formula is C17H20ClNO2. The van der Waals surface area contributed by atoms with Crippen LogP contribution >= 0.6 is 11.6 Å². The van der Waals surface area contributed by atoms with E-state index in [1.54, 1.807) is 7.11 Å². The Morgan fingerprint density at radius 1 is 1.10 bits per heavy atom. The lowest BCUT2D eigenvalue weighted by molar-refractivity contribution is 0.145. The summed E-state index contributed by atoms with van der Waals surface area (Å²) >= 11 is 6.00. The lowest BCUT2D eigenvalue weighted by Crippen LogP contribution is -2.15. The van der Waals surface area contributed by atoms with Gasteiger partial charge in [0, 0.05) is 17.7 Å². The van der Waals surface area contributed by atoms with Gasteiger partial charge in [-0.15, -0.1) is 0 Å². The van der Waals surface area contributed by atoms with Crippen LogP contribution < -0.4 is 10.5 Å². The van der Waals surface area contributed by atoms with Gasteiger partial charge in [-0.3, -0.25) is 0 Å². The zero-order valence-corrected chi connectivity index (χ0v) is 13.1. The van der Waals surface area contributed by atoms with E-state index in [9.17, 15) is 0 Å². The number of hydrogen-bond donors (Lipinski definition) is 1. The number of benzene rings is 2. The second-order valence-electron chi connectivity index (χ2n) is 4.86. The molecule has 0 radical (unpaired) electrons. The molecule has 3 nitrogen and oxygen atoms in total. The SMILES string of the molecule is COCCOc1ccccc1C(N)c1ccc(Cl)cc1C. The van der Waals surface area contributed by atoms with Gasteiger partial charge in [-0.25, -0.2) is 0 Å². The largest absolute Gasteiger partial charge is 0.491 e. The Morgan fingerprint density at radius 3 is 2.57 bits per heavy atom. The predicted octanol–water partition coefficient (Wildman–Crippen LogP) is 3.72. The fraction of sp³-hybridized carbons (Fsp3) is 0.294. The van der Waals surface area contributed by atoms with Crippen LogP contribution in [0, 0.1) is 6.92 Å². The first-order chi connectivity index (χ1) is 10.1. The second kappa shape index (κ2) is 7.46. The van der Waals surface area contributed by atoms with E-state index in [4.69, 9.17) is 26.8 Å². The van der Waals surface area contributed by atoms with Crippen molar-refractivity contribution in [2.75, 3.05) is 20.3 Å². The summed E-state index contributed by atoms with van der Waals surface area (Å²) in [5.74, 6) is 0.788. The standard InChI is InChI=1S/C17H20ClNO2/c1-12-11-13(18)7-8-14(12)17(19)15-5-3-4-6-16(15)21-10-9-20-2/h3-8,11,17H,9-10,19H2,1-2H3. The van der Waals surface area contributed by atoms with Crippen molar-refractivity contribution in [1.82, 2.24) is 0 Å². The summed E-state index contributed by atoms with van der Waals surface area (Å²) in [5.41, 5.74) is 9.49. The lowest BCUT2D eigenvalue weighted by atomic mass is 9.95. The molecule has 0 aliphatic carbocycles. The lowest BCUT2D eigenvalue weighted by Gasteiger charge is -2.19. The number of rotatable bonds is 6. The van der Waals surface area contributed by atoms with Crippen molar-refractivity contribution < 1.29 is 9.47 Å². The topological polar surface area (TPSA) is 44.5 Å². The Labute approximate surface area is 130 Å². The first-order valence-corrected chi connectivity index (χ1v) is 7.23. The van der Waals surface area contributed by atoms with Crippen LogP contribution in [0.2, 0.25) is 5.02 Å². The summed E-state index contributed by atoms with van der Waals surface area (Å²) < 4.78 is 10.8. The van der Waals surface area contributed by atoms with Gasteiger partial charge < -0.3 is 15.2 Å². The number of hydrogen-bond acceptors (Lipinski definition) is 3. The van der Waals surface area contributed by atoms with E-state index in [1.165, 1.54) is 0 Å². The van der Waals surface area contributed by atoms with Gasteiger partial charge in [0.1, 0.15) is 12.4 Å². The van der Waals surface area contributed by atoms with Crippen molar-refractivity contribution in [3.05, 3.63) is 64.2 Å². The molecule has 0 aromatic heterocycles. The average Bonchev–Trinajstić information content (AvgIpc) is 2.47. The molecule has 0 aliphatic rings. The number of ether oxygens (including phenoxy) is 2. The number of para-hydroxylation sites is 1. The predicted molar refractivity (Wildman–Crippen MR) is 86.0 cm³/mol. The maximum Gasteiger partial charge on any atom is 0.124 e. The summed E-state index contributed by atoms with van der Waals surface area (Å²) in [4.78, 5) is 0. The van der Waals surface area contributed by atoms with Gasteiger partial charge in [-0.2, -0.15) is 0 Å². The first kappa shape index (κ1) is 15.8. The van der Waals surface area contributed by atoms with E-state index >= 15 is 0 Å². The molecule has 0 bridgehead atoms. The van der Waals surface area contributed by atoms with Crippen molar-refractivity contribution >= 4 is 11.6 Å². The zero-order valence-electron chi connectivity index (χ0n) is 12.3. The summed E-state index contributed by atoms with van der Waals surface area (Å²) in [6.07, 6.45) is 0. The monoisotopic (exact) mass is 305 g/mol. The highest BCUT2D eigenvalue weighted by atomic mass is 35.5. The summed E-state index contributed by atoms with van der Waals surface area (Å²) in [5, 5.41) is 0.716. The van der Waals surface area contributed by atoms with E-state index in [0.717, 1.165) is 22.4 Å². The Morgan fingerprint density at radius 2 is 1.86 bits per heavy atom. The minimum Gasteiger partial charge on any atom is -0.491 e. The molecule has 0 saturated heterocycles. The smallest absolute Gasteiger partial charge is 0.124 e. The van der Waals surface area contributed by atoms with Crippen molar-refractivity contribution in [3.63, 3.8) is 0 Å². The molecule has 112 valence electrons. The van der Waals surface area contributed by atoms with E-state index in [2.05, 4.69) is 0 Å². The fourth-order valence-corrected chi connectivity index (χ4v) is 2.49. The zero-order chi connectivity index (χ0) is 15.2. The van der Waals surface area contributed by atoms with Crippen LogP contribution in [-0.2, 0) is 4.74 Å². The third-order valence-electron chi connectivity index (χ3n) is 3.37.